The fraction of sp³-hybridized carbons (Fsp3) is 0.600. The van der Waals surface area contributed by atoms with E-state index < -0.39 is 0 Å². The van der Waals surface area contributed by atoms with Crippen LogP contribution in [-0.2, 0) is 6.42 Å². The number of hydrogen-bond acceptors (Lipinski definition) is 2. The van der Waals surface area contributed by atoms with Gasteiger partial charge in [0.15, 0.2) is 0 Å². The van der Waals surface area contributed by atoms with E-state index in [1.165, 1.54) is 24.8 Å². The summed E-state index contributed by atoms with van der Waals surface area (Å²) >= 11 is 0. The third kappa shape index (κ3) is 2.01. The smallest absolute Gasteiger partial charge is 0.125 e. The van der Waals surface area contributed by atoms with Crippen LogP contribution in [0.3, 0.4) is 0 Å². The molecule has 18 heavy (non-hydrogen) atoms. The Hall–Kier alpha value is -1.09. The molecular weight excluding hydrogens is 227 g/mol. The molecule has 2 aliphatic rings. The normalized spacial score (nSPS) is 20.7. The minimum atomic E-state index is -0.127. The highest BCUT2D eigenvalue weighted by Crippen LogP contribution is 2.43. The van der Waals surface area contributed by atoms with Crippen molar-refractivity contribution in [3.05, 3.63) is 29.6 Å². The Balaban J connectivity index is 1.67. The average molecular weight is 248 g/mol. The van der Waals surface area contributed by atoms with Crippen molar-refractivity contribution < 1.29 is 4.39 Å². The molecule has 1 heterocycles. The first-order valence-corrected chi connectivity index (χ1v) is 6.96. The topological polar surface area (TPSA) is 29.3 Å². The van der Waals surface area contributed by atoms with Gasteiger partial charge in [0, 0.05) is 18.8 Å². The summed E-state index contributed by atoms with van der Waals surface area (Å²) in [6, 6.07) is 5.17. The fourth-order valence-corrected chi connectivity index (χ4v) is 3.26. The fourth-order valence-electron chi connectivity index (χ4n) is 3.26. The second-order valence-electron chi connectivity index (χ2n) is 5.82. The zero-order valence-corrected chi connectivity index (χ0v) is 10.8. The molecule has 1 aromatic carbocycles. The van der Waals surface area contributed by atoms with Crippen LogP contribution in [0, 0.1) is 11.2 Å². The lowest BCUT2D eigenvalue weighted by atomic mass is 9.66. The van der Waals surface area contributed by atoms with Gasteiger partial charge in [-0.15, -0.1) is 0 Å². The minimum Gasteiger partial charge on any atom is -0.371 e. The summed E-state index contributed by atoms with van der Waals surface area (Å²) in [5, 5.41) is 0. The number of anilines is 1. The zero-order valence-electron chi connectivity index (χ0n) is 10.8. The predicted molar refractivity (Wildman–Crippen MR) is 72.3 cm³/mol. The molecule has 1 fully saturated rings. The van der Waals surface area contributed by atoms with Gasteiger partial charge in [-0.3, -0.25) is 0 Å². The summed E-state index contributed by atoms with van der Waals surface area (Å²) in [5.74, 6) is -0.127. The molecule has 3 rings (SSSR count). The van der Waals surface area contributed by atoms with Crippen LogP contribution in [0.5, 0.6) is 0 Å². The lowest BCUT2D eigenvalue weighted by Crippen LogP contribution is -2.40. The molecule has 1 aromatic rings. The van der Waals surface area contributed by atoms with Crippen LogP contribution in [0.15, 0.2) is 18.2 Å². The van der Waals surface area contributed by atoms with Crippen molar-refractivity contribution in [2.24, 2.45) is 11.1 Å². The molecule has 0 bridgehead atoms. The van der Waals surface area contributed by atoms with Crippen molar-refractivity contribution in [3.63, 3.8) is 0 Å². The summed E-state index contributed by atoms with van der Waals surface area (Å²) in [5.41, 5.74) is 8.66. The van der Waals surface area contributed by atoms with Crippen LogP contribution >= 0.6 is 0 Å². The first-order chi connectivity index (χ1) is 8.72. The highest BCUT2D eigenvalue weighted by atomic mass is 19.1. The van der Waals surface area contributed by atoms with Gasteiger partial charge in [-0.25, -0.2) is 4.39 Å². The van der Waals surface area contributed by atoms with E-state index in [0.29, 0.717) is 5.41 Å². The van der Waals surface area contributed by atoms with Crippen LogP contribution < -0.4 is 10.6 Å². The number of nitrogens with zero attached hydrogens (tertiary/aromatic N) is 1. The molecule has 0 spiro atoms. The average Bonchev–Trinajstić information content (AvgIpc) is 2.71. The van der Waals surface area contributed by atoms with E-state index in [4.69, 9.17) is 5.73 Å². The Morgan fingerprint density at radius 1 is 1.33 bits per heavy atom. The minimum absolute atomic E-state index is 0.127. The van der Waals surface area contributed by atoms with Crippen LogP contribution in [0.25, 0.3) is 0 Å². The van der Waals surface area contributed by atoms with E-state index in [1.54, 1.807) is 12.1 Å². The molecule has 2 N–H and O–H groups in total. The quantitative estimate of drug-likeness (QED) is 0.887. The first kappa shape index (κ1) is 12.0. The van der Waals surface area contributed by atoms with Crippen molar-refractivity contribution >= 4 is 5.69 Å². The van der Waals surface area contributed by atoms with Gasteiger partial charge < -0.3 is 10.6 Å². The SMILES string of the molecule is NCC1(CCN2CCc3ccc(F)cc32)CCC1. The number of halogens is 1. The lowest BCUT2D eigenvalue weighted by Gasteiger charge is -2.42. The van der Waals surface area contributed by atoms with Crippen molar-refractivity contribution in [2.45, 2.75) is 32.1 Å². The van der Waals surface area contributed by atoms with E-state index in [1.807, 2.05) is 6.07 Å². The molecule has 0 atom stereocenters. The molecule has 2 nitrogen and oxygen atoms in total. The van der Waals surface area contributed by atoms with Crippen molar-refractivity contribution in [1.82, 2.24) is 0 Å². The molecule has 0 saturated heterocycles. The van der Waals surface area contributed by atoms with Crippen LogP contribution in [-0.4, -0.2) is 19.6 Å². The summed E-state index contributed by atoms with van der Waals surface area (Å²) in [7, 11) is 0. The number of benzene rings is 1. The molecule has 98 valence electrons. The van der Waals surface area contributed by atoms with Crippen LogP contribution in [0.1, 0.15) is 31.2 Å². The first-order valence-electron chi connectivity index (χ1n) is 6.96. The maximum absolute atomic E-state index is 13.3. The maximum Gasteiger partial charge on any atom is 0.125 e. The Morgan fingerprint density at radius 2 is 2.17 bits per heavy atom. The second-order valence-corrected chi connectivity index (χ2v) is 5.82. The molecule has 0 amide bonds. The molecule has 0 radical (unpaired) electrons. The van der Waals surface area contributed by atoms with Gasteiger partial charge in [-0.2, -0.15) is 0 Å². The lowest BCUT2D eigenvalue weighted by molar-refractivity contribution is 0.133. The van der Waals surface area contributed by atoms with Gasteiger partial charge in [-0.05, 0) is 55.3 Å². The third-order valence-electron chi connectivity index (χ3n) is 4.80. The Kier molecular flexibility index (Phi) is 3.02. The highest BCUT2D eigenvalue weighted by molar-refractivity contribution is 5.58. The van der Waals surface area contributed by atoms with Gasteiger partial charge in [0.1, 0.15) is 5.82 Å². The van der Waals surface area contributed by atoms with Crippen LogP contribution in [0.2, 0.25) is 0 Å². The van der Waals surface area contributed by atoms with Gasteiger partial charge in [0.2, 0.25) is 0 Å². The van der Waals surface area contributed by atoms with E-state index in [0.717, 1.165) is 38.2 Å². The standard InChI is InChI=1S/C15H21FN2/c16-13-3-2-12-4-8-18(14(12)10-13)9-7-15(11-17)5-1-6-15/h2-3,10H,1,4-9,11,17H2. The van der Waals surface area contributed by atoms with Crippen molar-refractivity contribution in [1.29, 1.82) is 0 Å². The van der Waals surface area contributed by atoms with Gasteiger partial charge in [0.05, 0.1) is 0 Å². The van der Waals surface area contributed by atoms with Gasteiger partial charge in [0.25, 0.3) is 0 Å². The summed E-state index contributed by atoms with van der Waals surface area (Å²) < 4.78 is 13.3. The maximum atomic E-state index is 13.3. The molecule has 1 aliphatic heterocycles. The summed E-state index contributed by atoms with van der Waals surface area (Å²) in [6.07, 6.45) is 6.06. The monoisotopic (exact) mass is 248 g/mol. The molecule has 1 saturated carbocycles. The number of hydrogen-bond donors (Lipinski definition) is 1. The summed E-state index contributed by atoms with van der Waals surface area (Å²) in [4.78, 5) is 2.33. The molecule has 1 aliphatic carbocycles. The molecular formula is C15H21FN2. The summed E-state index contributed by atoms with van der Waals surface area (Å²) in [6.45, 7) is 2.85. The number of rotatable bonds is 4. The largest absolute Gasteiger partial charge is 0.371 e. The van der Waals surface area contributed by atoms with Crippen molar-refractivity contribution in [3.8, 4) is 0 Å². The third-order valence-corrected chi connectivity index (χ3v) is 4.80. The number of fused-ring (bicyclic) bond motifs is 1. The van der Waals surface area contributed by atoms with E-state index in [-0.39, 0.29) is 5.82 Å². The van der Waals surface area contributed by atoms with E-state index >= 15 is 0 Å². The molecule has 3 heteroatoms. The van der Waals surface area contributed by atoms with Crippen LogP contribution in [0.4, 0.5) is 10.1 Å². The Bertz CT molecular complexity index is 435. The molecule has 0 aromatic heterocycles. The Labute approximate surface area is 108 Å². The van der Waals surface area contributed by atoms with E-state index in [2.05, 4.69) is 4.90 Å². The van der Waals surface area contributed by atoms with Crippen molar-refractivity contribution in [2.75, 3.05) is 24.5 Å². The highest BCUT2D eigenvalue weighted by Gasteiger charge is 2.35. The Morgan fingerprint density at radius 3 is 2.83 bits per heavy atom. The predicted octanol–water partition coefficient (Wildman–Crippen LogP) is 2.71. The zero-order chi connectivity index (χ0) is 12.6. The molecule has 0 unspecified atom stereocenters. The van der Waals surface area contributed by atoms with E-state index in [9.17, 15) is 4.39 Å². The number of nitrogens with two attached hydrogens (primary N) is 1. The second kappa shape index (κ2) is 4.54. The van der Waals surface area contributed by atoms with Gasteiger partial charge >= 0.3 is 0 Å². The van der Waals surface area contributed by atoms with Gasteiger partial charge in [-0.1, -0.05) is 12.5 Å².